The van der Waals surface area contributed by atoms with Crippen molar-refractivity contribution >= 4 is 27.5 Å². The Balaban J connectivity index is 1.95. The summed E-state index contributed by atoms with van der Waals surface area (Å²) >= 11 is 6.04. The van der Waals surface area contributed by atoms with E-state index >= 15 is 0 Å². The molecular weight excluding hydrogens is 352 g/mol. The van der Waals surface area contributed by atoms with Gasteiger partial charge in [0.2, 0.25) is 15.8 Å². The van der Waals surface area contributed by atoms with E-state index in [-0.39, 0.29) is 23.8 Å². The first-order valence-corrected chi connectivity index (χ1v) is 8.94. The minimum Gasteiger partial charge on any atom is -0.363 e. The van der Waals surface area contributed by atoms with Gasteiger partial charge in [0.15, 0.2) is 0 Å². The third-order valence-electron chi connectivity index (χ3n) is 3.82. The van der Waals surface area contributed by atoms with Gasteiger partial charge in [-0.25, -0.2) is 18.4 Å². The highest BCUT2D eigenvalue weighted by Gasteiger charge is 2.30. The van der Waals surface area contributed by atoms with Crippen molar-refractivity contribution in [1.82, 2.24) is 14.3 Å². The van der Waals surface area contributed by atoms with Crippen molar-refractivity contribution < 1.29 is 13.2 Å². The lowest BCUT2D eigenvalue weighted by atomic mass is 10.1. The number of nitrogens with two attached hydrogens (primary N) is 1. The standard InChI is InChI=1S/C15H14ClN4O3S/c1-9-2-3-11(6-12(9)16)24(22,23)20-5-4-10-7-18-15(14(17)21)19-13(10)8-20/h2-3,6H,4-5,8H2,1H3,(H2,17,21). The van der Waals surface area contributed by atoms with E-state index in [0.717, 1.165) is 5.56 Å². The van der Waals surface area contributed by atoms with Gasteiger partial charge in [-0.1, -0.05) is 17.7 Å². The van der Waals surface area contributed by atoms with Crippen molar-refractivity contribution in [1.29, 1.82) is 0 Å². The predicted molar refractivity (Wildman–Crippen MR) is 86.9 cm³/mol. The van der Waals surface area contributed by atoms with E-state index < -0.39 is 15.9 Å². The molecule has 24 heavy (non-hydrogen) atoms. The van der Waals surface area contributed by atoms with Gasteiger partial charge in [-0.2, -0.15) is 4.31 Å². The second-order valence-electron chi connectivity index (χ2n) is 5.45. The van der Waals surface area contributed by atoms with E-state index in [1.165, 1.54) is 16.4 Å². The molecule has 7 nitrogen and oxygen atoms in total. The highest BCUT2D eigenvalue weighted by Crippen LogP contribution is 2.26. The summed E-state index contributed by atoms with van der Waals surface area (Å²) < 4.78 is 26.9. The molecule has 0 atom stereocenters. The summed E-state index contributed by atoms with van der Waals surface area (Å²) in [6, 6.07) is 4.62. The van der Waals surface area contributed by atoms with Crippen LogP contribution in [0.2, 0.25) is 5.02 Å². The van der Waals surface area contributed by atoms with Gasteiger partial charge in [0.05, 0.1) is 23.3 Å². The quantitative estimate of drug-likeness (QED) is 0.876. The fourth-order valence-corrected chi connectivity index (χ4v) is 4.09. The number of primary amides is 1. The number of hydrogen-bond donors (Lipinski definition) is 1. The van der Waals surface area contributed by atoms with Gasteiger partial charge in [0, 0.05) is 17.1 Å². The molecule has 2 heterocycles. The molecule has 1 radical (unpaired) electrons. The number of carbonyl (C=O) groups excluding carboxylic acids is 1. The van der Waals surface area contributed by atoms with Crippen molar-refractivity contribution in [2.24, 2.45) is 5.73 Å². The number of amides is 1. The van der Waals surface area contributed by atoms with Gasteiger partial charge in [-0.15, -0.1) is 0 Å². The number of rotatable bonds is 3. The largest absolute Gasteiger partial charge is 0.363 e. The molecule has 0 bridgehead atoms. The Labute approximate surface area is 144 Å². The van der Waals surface area contributed by atoms with Gasteiger partial charge < -0.3 is 5.73 Å². The van der Waals surface area contributed by atoms with Crippen LogP contribution in [0.4, 0.5) is 0 Å². The normalized spacial score (nSPS) is 15.1. The molecule has 9 heteroatoms. The number of aromatic nitrogens is 2. The van der Waals surface area contributed by atoms with Crippen LogP contribution in [-0.4, -0.2) is 35.1 Å². The molecular formula is C15H14ClN4O3S. The summed E-state index contributed by atoms with van der Waals surface area (Å²) in [5.41, 5.74) is 7.08. The molecule has 2 N–H and O–H groups in total. The molecule has 0 saturated carbocycles. The summed E-state index contributed by atoms with van der Waals surface area (Å²) in [6.45, 7) is 2.10. The lowest BCUT2D eigenvalue weighted by molar-refractivity contribution is 0.0989. The first-order chi connectivity index (χ1) is 11.3. The van der Waals surface area contributed by atoms with Crippen molar-refractivity contribution in [2.75, 3.05) is 6.54 Å². The highest BCUT2D eigenvalue weighted by molar-refractivity contribution is 7.89. The van der Waals surface area contributed by atoms with Gasteiger partial charge in [0.25, 0.3) is 5.91 Å². The zero-order valence-electron chi connectivity index (χ0n) is 12.8. The van der Waals surface area contributed by atoms with Crippen LogP contribution >= 0.6 is 11.6 Å². The number of benzene rings is 1. The first-order valence-electron chi connectivity index (χ1n) is 7.12. The van der Waals surface area contributed by atoms with Crippen LogP contribution < -0.4 is 5.73 Å². The fraction of sp³-hybridized carbons (Fsp3) is 0.267. The maximum absolute atomic E-state index is 12.8. The molecule has 1 amide bonds. The zero-order chi connectivity index (χ0) is 17.5. The van der Waals surface area contributed by atoms with Crippen molar-refractivity contribution in [2.45, 2.75) is 24.8 Å². The lowest BCUT2D eigenvalue weighted by Gasteiger charge is -2.27. The second-order valence-corrected chi connectivity index (χ2v) is 7.79. The first kappa shape index (κ1) is 16.8. The number of halogens is 1. The van der Waals surface area contributed by atoms with E-state index in [2.05, 4.69) is 16.2 Å². The van der Waals surface area contributed by atoms with Crippen molar-refractivity contribution in [3.05, 3.63) is 52.1 Å². The van der Waals surface area contributed by atoms with Crippen LogP contribution in [0, 0.1) is 13.1 Å². The van der Waals surface area contributed by atoms with Crippen molar-refractivity contribution in [3.8, 4) is 0 Å². The molecule has 0 saturated heterocycles. The number of hydrogen-bond acceptors (Lipinski definition) is 5. The van der Waals surface area contributed by atoms with Gasteiger partial charge >= 0.3 is 0 Å². The minimum atomic E-state index is -3.72. The molecule has 0 spiro atoms. The molecule has 0 aliphatic carbocycles. The number of carbonyl (C=O) groups is 1. The molecule has 2 aromatic rings. The zero-order valence-corrected chi connectivity index (χ0v) is 14.4. The predicted octanol–water partition coefficient (Wildman–Crippen LogP) is 1.08. The third-order valence-corrected chi connectivity index (χ3v) is 6.07. The summed E-state index contributed by atoms with van der Waals surface area (Å²) in [6.07, 6.45) is 3.12. The number of fused-ring (bicyclic) bond motifs is 1. The molecule has 125 valence electrons. The molecule has 1 aliphatic heterocycles. The number of aryl methyl sites for hydroxylation is 1. The van der Waals surface area contributed by atoms with Crippen LogP contribution in [0.15, 0.2) is 23.1 Å². The SMILES string of the molecule is Cc1ccc(S(=O)(=O)N2CCc3[c]nc(C(N)=O)nc3C2)cc1Cl. The smallest absolute Gasteiger partial charge is 0.286 e. The van der Waals surface area contributed by atoms with E-state index in [4.69, 9.17) is 17.3 Å². The van der Waals surface area contributed by atoms with Crippen LogP contribution in [-0.2, 0) is 23.0 Å². The van der Waals surface area contributed by atoms with Crippen LogP contribution in [0.5, 0.6) is 0 Å². The van der Waals surface area contributed by atoms with Gasteiger partial charge in [-0.05, 0) is 31.0 Å². The molecule has 1 aliphatic rings. The maximum atomic E-state index is 12.8. The summed E-state index contributed by atoms with van der Waals surface area (Å²) in [4.78, 5) is 19.1. The molecule has 0 fully saturated rings. The van der Waals surface area contributed by atoms with E-state index in [1.807, 2.05) is 0 Å². The monoisotopic (exact) mass is 365 g/mol. The molecule has 0 unspecified atom stereocenters. The van der Waals surface area contributed by atoms with Crippen LogP contribution in [0.1, 0.15) is 27.4 Å². The maximum Gasteiger partial charge on any atom is 0.286 e. The molecule has 1 aromatic carbocycles. The molecule has 1 aromatic heterocycles. The Hall–Kier alpha value is -2.03. The van der Waals surface area contributed by atoms with Crippen LogP contribution in [0.3, 0.4) is 0 Å². The Morgan fingerprint density at radius 1 is 1.42 bits per heavy atom. The summed E-state index contributed by atoms with van der Waals surface area (Å²) in [5, 5.41) is 0.389. The Bertz CT molecular complexity index is 930. The Morgan fingerprint density at radius 2 is 2.17 bits per heavy atom. The average molecular weight is 366 g/mol. The fourth-order valence-electron chi connectivity index (χ4n) is 2.42. The lowest BCUT2D eigenvalue weighted by Crippen LogP contribution is -2.37. The number of nitrogens with zero attached hydrogens (tertiary/aromatic N) is 3. The Morgan fingerprint density at radius 3 is 2.83 bits per heavy atom. The van der Waals surface area contributed by atoms with Crippen LogP contribution in [0.25, 0.3) is 0 Å². The topological polar surface area (TPSA) is 106 Å². The van der Waals surface area contributed by atoms with E-state index in [9.17, 15) is 13.2 Å². The third kappa shape index (κ3) is 3.00. The second kappa shape index (κ2) is 6.12. The van der Waals surface area contributed by atoms with E-state index in [0.29, 0.717) is 22.7 Å². The average Bonchev–Trinajstić information content (AvgIpc) is 2.56. The summed E-state index contributed by atoms with van der Waals surface area (Å²) in [7, 11) is -3.72. The number of sulfonamides is 1. The summed E-state index contributed by atoms with van der Waals surface area (Å²) in [5.74, 6) is -0.953. The van der Waals surface area contributed by atoms with Gasteiger partial charge in [-0.3, -0.25) is 4.79 Å². The van der Waals surface area contributed by atoms with E-state index in [1.54, 1.807) is 13.0 Å². The highest BCUT2D eigenvalue weighted by atomic mass is 35.5. The Kier molecular flexibility index (Phi) is 4.29. The minimum absolute atomic E-state index is 0.0302. The molecule has 3 rings (SSSR count). The van der Waals surface area contributed by atoms with Crippen molar-refractivity contribution in [3.63, 3.8) is 0 Å². The van der Waals surface area contributed by atoms with Gasteiger partial charge in [0.1, 0.15) is 0 Å².